The summed E-state index contributed by atoms with van der Waals surface area (Å²) in [5.74, 6) is 0.830. The van der Waals surface area contributed by atoms with Gasteiger partial charge in [0.05, 0.1) is 12.3 Å². The highest BCUT2D eigenvalue weighted by molar-refractivity contribution is 5.09. The van der Waals surface area contributed by atoms with Crippen molar-refractivity contribution in [2.24, 2.45) is 5.92 Å². The van der Waals surface area contributed by atoms with Crippen LogP contribution in [0.4, 0.5) is 0 Å². The minimum absolute atomic E-state index is 0.625. The largest absolute Gasteiger partial charge is 0.359 e. The molecule has 0 unspecified atom stereocenters. The second kappa shape index (κ2) is 4.79. The Bertz CT molecular complexity index is 315. The van der Waals surface area contributed by atoms with E-state index in [0.29, 0.717) is 6.73 Å². The Morgan fingerprint density at radius 2 is 2.20 bits per heavy atom. The van der Waals surface area contributed by atoms with E-state index in [0.717, 1.165) is 25.4 Å². The fourth-order valence-corrected chi connectivity index (χ4v) is 1.67. The van der Waals surface area contributed by atoms with Crippen molar-refractivity contribution < 1.29 is 4.74 Å². The maximum Gasteiger partial charge on any atom is 0.139 e. The van der Waals surface area contributed by atoms with Gasteiger partial charge in [0.15, 0.2) is 0 Å². The Balaban J connectivity index is 1.89. The number of rotatable bonds is 6. The predicted octanol–water partition coefficient (Wildman–Crippen LogP) is 2.39. The van der Waals surface area contributed by atoms with Crippen LogP contribution < -0.4 is 0 Å². The molecule has 1 aromatic heterocycles. The lowest BCUT2D eigenvalue weighted by molar-refractivity contribution is 0.0592. The molecule has 15 heavy (non-hydrogen) atoms. The van der Waals surface area contributed by atoms with E-state index in [1.165, 1.54) is 24.2 Å². The molecule has 3 heteroatoms. The summed E-state index contributed by atoms with van der Waals surface area (Å²) in [4.78, 5) is 0. The van der Waals surface area contributed by atoms with Crippen LogP contribution in [0.1, 0.15) is 38.1 Å². The van der Waals surface area contributed by atoms with Crippen LogP contribution in [-0.2, 0) is 24.3 Å². The lowest BCUT2D eigenvalue weighted by Crippen LogP contribution is -2.09. The molecule has 0 amide bonds. The van der Waals surface area contributed by atoms with Crippen molar-refractivity contribution in [3.05, 3.63) is 17.5 Å². The summed E-state index contributed by atoms with van der Waals surface area (Å²) in [6.07, 6.45) is 4.72. The molecule has 0 bridgehead atoms. The van der Waals surface area contributed by atoms with Gasteiger partial charge in [-0.3, -0.25) is 0 Å². The first-order chi connectivity index (χ1) is 7.33. The Morgan fingerprint density at radius 3 is 2.80 bits per heavy atom. The molecule has 1 aromatic rings. The van der Waals surface area contributed by atoms with E-state index in [1.807, 2.05) is 4.68 Å². The van der Waals surface area contributed by atoms with Crippen LogP contribution in [0, 0.1) is 5.92 Å². The van der Waals surface area contributed by atoms with Gasteiger partial charge in [-0.2, -0.15) is 5.10 Å². The van der Waals surface area contributed by atoms with Gasteiger partial charge in [0.25, 0.3) is 0 Å². The van der Waals surface area contributed by atoms with Crippen molar-refractivity contribution in [3.63, 3.8) is 0 Å². The Hall–Kier alpha value is -0.830. The van der Waals surface area contributed by atoms with E-state index in [-0.39, 0.29) is 0 Å². The number of aryl methyl sites for hydroxylation is 2. The second-order valence-electron chi connectivity index (χ2n) is 4.28. The zero-order valence-corrected chi connectivity index (χ0v) is 9.70. The van der Waals surface area contributed by atoms with E-state index >= 15 is 0 Å². The van der Waals surface area contributed by atoms with Gasteiger partial charge in [0.2, 0.25) is 0 Å². The molecule has 84 valence electrons. The van der Waals surface area contributed by atoms with Gasteiger partial charge in [0, 0.05) is 5.69 Å². The van der Waals surface area contributed by atoms with Crippen molar-refractivity contribution in [2.75, 3.05) is 6.61 Å². The normalized spacial score (nSPS) is 15.9. The van der Waals surface area contributed by atoms with Crippen molar-refractivity contribution in [3.8, 4) is 0 Å². The summed E-state index contributed by atoms with van der Waals surface area (Å²) in [7, 11) is 0. The van der Waals surface area contributed by atoms with Crippen LogP contribution in [0.25, 0.3) is 0 Å². The molecule has 1 heterocycles. The summed E-state index contributed by atoms with van der Waals surface area (Å²) >= 11 is 0. The van der Waals surface area contributed by atoms with E-state index in [9.17, 15) is 0 Å². The summed E-state index contributed by atoms with van der Waals surface area (Å²) < 4.78 is 7.65. The van der Waals surface area contributed by atoms with E-state index in [2.05, 4.69) is 25.0 Å². The first-order valence-electron chi connectivity index (χ1n) is 5.96. The molecule has 2 rings (SSSR count). The zero-order chi connectivity index (χ0) is 10.7. The van der Waals surface area contributed by atoms with Gasteiger partial charge in [-0.1, -0.05) is 13.8 Å². The fraction of sp³-hybridized carbons (Fsp3) is 0.750. The second-order valence-corrected chi connectivity index (χ2v) is 4.28. The van der Waals surface area contributed by atoms with E-state index in [1.54, 1.807) is 0 Å². The van der Waals surface area contributed by atoms with Gasteiger partial charge in [-0.05, 0) is 37.7 Å². The number of hydrogen-bond donors (Lipinski definition) is 0. The maximum atomic E-state index is 5.64. The van der Waals surface area contributed by atoms with Gasteiger partial charge in [-0.15, -0.1) is 0 Å². The molecule has 0 radical (unpaired) electrons. The third-order valence-electron chi connectivity index (χ3n) is 2.90. The first-order valence-corrected chi connectivity index (χ1v) is 5.96. The van der Waals surface area contributed by atoms with Gasteiger partial charge < -0.3 is 4.74 Å². The molecule has 0 saturated heterocycles. The number of hydrogen-bond acceptors (Lipinski definition) is 2. The molecular weight excluding hydrogens is 188 g/mol. The van der Waals surface area contributed by atoms with Crippen molar-refractivity contribution in [1.82, 2.24) is 9.78 Å². The van der Waals surface area contributed by atoms with Gasteiger partial charge in [-0.25, -0.2) is 4.68 Å². The quantitative estimate of drug-likeness (QED) is 0.717. The minimum atomic E-state index is 0.625. The van der Waals surface area contributed by atoms with Gasteiger partial charge >= 0.3 is 0 Å². The third-order valence-corrected chi connectivity index (χ3v) is 2.90. The van der Waals surface area contributed by atoms with Crippen LogP contribution in [0.15, 0.2) is 6.07 Å². The molecule has 0 atom stereocenters. The number of ether oxygens (including phenoxy) is 1. The average molecular weight is 208 g/mol. The molecular formula is C12H20N2O. The molecule has 1 saturated carbocycles. The van der Waals surface area contributed by atoms with Crippen molar-refractivity contribution in [1.29, 1.82) is 0 Å². The fourth-order valence-electron chi connectivity index (χ4n) is 1.67. The van der Waals surface area contributed by atoms with Crippen LogP contribution in [0.5, 0.6) is 0 Å². The highest BCUT2D eigenvalue weighted by atomic mass is 16.5. The van der Waals surface area contributed by atoms with E-state index in [4.69, 9.17) is 4.74 Å². The molecule has 1 fully saturated rings. The molecule has 0 aliphatic heterocycles. The van der Waals surface area contributed by atoms with Gasteiger partial charge in [0.1, 0.15) is 6.73 Å². The van der Waals surface area contributed by atoms with E-state index < -0.39 is 0 Å². The van der Waals surface area contributed by atoms with Crippen LogP contribution in [0.2, 0.25) is 0 Å². The molecule has 1 aliphatic rings. The molecule has 0 aromatic carbocycles. The topological polar surface area (TPSA) is 27.1 Å². The summed E-state index contributed by atoms with van der Waals surface area (Å²) in [6.45, 7) is 5.83. The Morgan fingerprint density at radius 1 is 1.40 bits per heavy atom. The third kappa shape index (κ3) is 2.81. The Kier molecular flexibility index (Phi) is 3.41. The summed E-state index contributed by atoms with van der Waals surface area (Å²) in [5, 5.41) is 4.51. The first kappa shape index (κ1) is 10.7. The smallest absolute Gasteiger partial charge is 0.139 e. The number of aromatic nitrogens is 2. The summed E-state index contributed by atoms with van der Waals surface area (Å²) in [5.41, 5.74) is 2.45. The molecule has 0 N–H and O–H groups in total. The maximum absolute atomic E-state index is 5.64. The monoisotopic (exact) mass is 208 g/mol. The minimum Gasteiger partial charge on any atom is -0.359 e. The number of nitrogens with zero attached hydrogens (tertiary/aromatic N) is 2. The summed E-state index contributed by atoms with van der Waals surface area (Å²) in [6, 6.07) is 2.18. The lowest BCUT2D eigenvalue weighted by atomic mass is 10.3. The van der Waals surface area contributed by atoms with Crippen molar-refractivity contribution in [2.45, 2.75) is 46.3 Å². The highest BCUT2D eigenvalue weighted by Crippen LogP contribution is 2.28. The molecule has 3 nitrogen and oxygen atoms in total. The standard InChI is InChI=1S/C12H20N2O/c1-3-11-7-12(4-2)14(13-11)9-15-8-10-5-6-10/h7,10H,3-6,8-9H2,1-2H3. The van der Waals surface area contributed by atoms with Crippen molar-refractivity contribution >= 4 is 0 Å². The average Bonchev–Trinajstić information content (AvgIpc) is 2.98. The predicted molar refractivity (Wildman–Crippen MR) is 59.7 cm³/mol. The van der Waals surface area contributed by atoms with Crippen LogP contribution in [-0.4, -0.2) is 16.4 Å². The van der Waals surface area contributed by atoms with Crippen LogP contribution in [0.3, 0.4) is 0 Å². The molecule has 0 spiro atoms. The highest BCUT2D eigenvalue weighted by Gasteiger charge is 2.21. The lowest BCUT2D eigenvalue weighted by Gasteiger charge is -2.06. The zero-order valence-electron chi connectivity index (χ0n) is 9.70. The molecule has 1 aliphatic carbocycles. The Labute approximate surface area is 91.4 Å². The van der Waals surface area contributed by atoms with Crippen LogP contribution >= 0.6 is 0 Å². The SMILES string of the molecule is CCc1cc(CC)n(COCC2CC2)n1.